The molecule has 2 rings (SSSR count). The average Bonchev–Trinajstić information content (AvgIpc) is 2.66. The van der Waals surface area contributed by atoms with Gasteiger partial charge in [-0.3, -0.25) is 4.79 Å². The standard InChI is InChI=1S/C19H30N2O4S/c1-4-13-21(16-9-11-20-12-10-16)19(22)15(2)14-26(23,24)18-7-5-17(25-3)6-8-18/h5-8,15-16,20H,4,9-14H2,1-3H3. The van der Waals surface area contributed by atoms with E-state index in [1.165, 1.54) is 19.2 Å². The van der Waals surface area contributed by atoms with Crippen LogP contribution in [0.25, 0.3) is 0 Å². The van der Waals surface area contributed by atoms with E-state index in [4.69, 9.17) is 4.74 Å². The Hall–Kier alpha value is -1.60. The van der Waals surface area contributed by atoms with Crippen LogP contribution in [0.2, 0.25) is 0 Å². The molecule has 0 radical (unpaired) electrons. The third-order valence-corrected chi connectivity index (χ3v) is 6.74. The molecule has 1 aromatic carbocycles. The number of carbonyl (C=O) groups excluding carboxylic acids is 1. The van der Waals surface area contributed by atoms with Gasteiger partial charge in [0.1, 0.15) is 5.75 Å². The van der Waals surface area contributed by atoms with Crippen molar-refractivity contribution in [3.05, 3.63) is 24.3 Å². The Kier molecular flexibility index (Phi) is 7.46. The number of nitrogens with zero attached hydrogens (tertiary/aromatic N) is 1. The second-order valence-electron chi connectivity index (χ2n) is 6.87. The number of benzene rings is 1. The molecule has 1 amide bonds. The highest BCUT2D eigenvalue weighted by Crippen LogP contribution is 2.21. The molecular weight excluding hydrogens is 352 g/mol. The smallest absolute Gasteiger partial charge is 0.226 e. The van der Waals surface area contributed by atoms with Gasteiger partial charge in [0.15, 0.2) is 9.84 Å². The van der Waals surface area contributed by atoms with Crippen LogP contribution < -0.4 is 10.1 Å². The van der Waals surface area contributed by atoms with Crippen LogP contribution in [0.1, 0.15) is 33.1 Å². The summed E-state index contributed by atoms with van der Waals surface area (Å²) < 4.78 is 30.4. The van der Waals surface area contributed by atoms with Crippen molar-refractivity contribution < 1.29 is 17.9 Å². The average molecular weight is 383 g/mol. The fourth-order valence-electron chi connectivity index (χ4n) is 3.39. The van der Waals surface area contributed by atoms with Crippen molar-refractivity contribution in [3.8, 4) is 5.75 Å². The summed E-state index contributed by atoms with van der Waals surface area (Å²) in [4.78, 5) is 15.1. The molecule has 1 fully saturated rings. The number of amides is 1. The largest absolute Gasteiger partial charge is 0.497 e. The molecule has 1 aliphatic heterocycles. The van der Waals surface area contributed by atoms with Crippen molar-refractivity contribution >= 4 is 15.7 Å². The van der Waals surface area contributed by atoms with Gasteiger partial charge in [-0.15, -0.1) is 0 Å². The number of rotatable bonds is 8. The summed E-state index contributed by atoms with van der Waals surface area (Å²) in [6.07, 6.45) is 2.71. The molecule has 26 heavy (non-hydrogen) atoms. The third kappa shape index (κ3) is 5.20. The molecule has 0 bridgehead atoms. The number of hydrogen-bond donors (Lipinski definition) is 1. The molecular formula is C19H30N2O4S. The molecule has 146 valence electrons. The maximum atomic E-state index is 13.0. The van der Waals surface area contributed by atoms with E-state index in [1.807, 2.05) is 11.8 Å². The van der Waals surface area contributed by atoms with E-state index in [0.717, 1.165) is 32.4 Å². The highest BCUT2D eigenvalue weighted by molar-refractivity contribution is 7.91. The van der Waals surface area contributed by atoms with Crippen molar-refractivity contribution in [2.24, 2.45) is 5.92 Å². The minimum atomic E-state index is -3.52. The summed E-state index contributed by atoms with van der Waals surface area (Å²) in [7, 11) is -1.99. The SMILES string of the molecule is CCCN(C(=O)C(C)CS(=O)(=O)c1ccc(OC)cc1)C1CCNCC1. The van der Waals surface area contributed by atoms with E-state index in [9.17, 15) is 13.2 Å². The van der Waals surface area contributed by atoms with Gasteiger partial charge in [0.05, 0.1) is 17.8 Å². The first-order valence-electron chi connectivity index (χ1n) is 9.27. The molecule has 1 aliphatic rings. The molecule has 0 saturated carbocycles. The van der Waals surface area contributed by atoms with Gasteiger partial charge >= 0.3 is 0 Å². The van der Waals surface area contributed by atoms with Gasteiger partial charge in [-0.05, 0) is 56.6 Å². The second-order valence-corrected chi connectivity index (χ2v) is 8.91. The van der Waals surface area contributed by atoms with Gasteiger partial charge in [0, 0.05) is 18.5 Å². The quantitative estimate of drug-likeness (QED) is 0.745. The Morgan fingerprint density at radius 1 is 1.27 bits per heavy atom. The number of methoxy groups -OCH3 is 1. The van der Waals surface area contributed by atoms with Gasteiger partial charge in [0.25, 0.3) is 0 Å². The summed E-state index contributed by atoms with van der Waals surface area (Å²) in [6.45, 7) is 6.23. The van der Waals surface area contributed by atoms with E-state index in [0.29, 0.717) is 12.3 Å². The highest BCUT2D eigenvalue weighted by Gasteiger charge is 2.31. The topological polar surface area (TPSA) is 75.7 Å². The zero-order valence-corrected chi connectivity index (χ0v) is 16.7. The van der Waals surface area contributed by atoms with Crippen LogP contribution in [0.4, 0.5) is 0 Å². The molecule has 6 nitrogen and oxygen atoms in total. The summed E-state index contributed by atoms with van der Waals surface area (Å²) in [6, 6.07) is 6.51. The van der Waals surface area contributed by atoms with Crippen molar-refractivity contribution in [2.75, 3.05) is 32.5 Å². The molecule has 1 unspecified atom stereocenters. The molecule has 1 heterocycles. The third-order valence-electron chi connectivity index (χ3n) is 4.81. The molecule has 0 spiro atoms. The predicted octanol–water partition coefficient (Wildman–Crippen LogP) is 2.10. The summed E-state index contributed by atoms with van der Waals surface area (Å²) in [5.41, 5.74) is 0. The van der Waals surface area contributed by atoms with Gasteiger partial charge in [-0.25, -0.2) is 8.42 Å². The molecule has 0 aromatic heterocycles. The van der Waals surface area contributed by atoms with Crippen LogP contribution in [-0.4, -0.2) is 57.8 Å². The fourth-order valence-corrected chi connectivity index (χ4v) is 4.94. The van der Waals surface area contributed by atoms with Gasteiger partial charge < -0.3 is 15.0 Å². The Bertz CT molecular complexity index is 682. The Morgan fingerprint density at radius 2 is 1.88 bits per heavy atom. The Labute approximate surface area is 156 Å². The summed E-state index contributed by atoms with van der Waals surface area (Å²) in [5.74, 6) is -0.198. The minimum absolute atomic E-state index is 0.0594. The van der Waals surface area contributed by atoms with Gasteiger partial charge in [0.2, 0.25) is 5.91 Å². The lowest BCUT2D eigenvalue weighted by molar-refractivity contribution is -0.137. The van der Waals surface area contributed by atoms with Crippen molar-refractivity contribution in [3.63, 3.8) is 0 Å². The number of carbonyl (C=O) groups is 1. The monoisotopic (exact) mass is 382 g/mol. The molecule has 1 aromatic rings. The molecule has 0 aliphatic carbocycles. The number of ether oxygens (including phenoxy) is 1. The van der Waals surface area contributed by atoms with Gasteiger partial charge in [-0.2, -0.15) is 0 Å². The van der Waals surface area contributed by atoms with Crippen LogP contribution >= 0.6 is 0 Å². The van der Waals surface area contributed by atoms with Crippen molar-refractivity contribution in [1.82, 2.24) is 10.2 Å². The summed E-state index contributed by atoms with van der Waals surface area (Å²) in [5, 5.41) is 3.30. The van der Waals surface area contributed by atoms with E-state index in [-0.39, 0.29) is 22.6 Å². The lowest BCUT2D eigenvalue weighted by atomic mass is 10.0. The number of nitrogens with one attached hydrogen (secondary N) is 1. The zero-order valence-electron chi connectivity index (χ0n) is 15.9. The van der Waals surface area contributed by atoms with Crippen molar-refractivity contribution in [1.29, 1.82) is 0 Å². The molecule has 1 atom stereocenters. The van der Waals surface area contributed by atoms with Crippen LogP contribution in [0.3, 0.4) is 0 Å². The van der Waals surface area contributed by atoms with Crippen LogP contribution in [0.5, 0.6) is 5.75 Å². The Balaban J connectivity index is 2.09. The molecule has 1 saturated heterocycles. The fraction of sp³-hybridized carbons (Fsp3) is 0.632. The first-order valence-corrected chi connectivity index (χ1v) is 10.9. The molecule has 7 heteroatoms. The number of sulfone groups is 1. The lowest BCUT2D eigenvalue weighted by Gasteiger charge is -2.36. The second kappa shape index (κ2) is 9.37. The van der Waals surface area contributed by atoms with Crippen molar-refractivity contribution in [2.45, 2.75) is 44.0 Å². The Morgan fingerprint density at radius 3 is 2.42 bits per heavy atom. The maximum absolute atomic E-state index is 13.0. The minimum Gasteiger partial charge on any atom is -0.497 e. The maximum Gasteiger partial charge on any atom is 0.226 e. The van der Waals surface area contributed by atoms with E-state index < -0.39 is 15.8 Å². The van der Waals surface area contributed by atoms with Crippen LogP contribution in [-0.2, 0) is 14.6 Å². The number of piperidine rings is 1. The normalized spacial score (nSPS) is 16.9. The van der Waals surface area contributed by atoms with Gasteiger partial charge in [-0.1, -0.05) is 13.8 Å². The number of hydrogen-bond acceptors (Lipinski definition) is 5. The van der Waals surface area contributed by atoms with Crippen LogP contribution in [0, 0.1) is 5.92 Å². The molecule has 1 N–H and O–H groups in total. The van der Waals surface area contributed by atoms with E-state index >= 15 is 0 Å². The van der Waals surface area contributed by atoms with E-state index in [2.05, 4.69) is 5.32 Å². The van der Waals surface area contributed by atoms with Crippen LogP contribution in [0.15, 0.2) is 29.2 Å². The highest BCUT2D eigenvalue weighted by atomic mass is 32.2. The predicted molar refractivity (Wildman–Crippen MR) is 102 cm³/mol. The first-order chi connectivity index (χ1) is 12.4. The van der Waals surface area contributed by atoms with E-state index in [1.54, 1.807) is 19.1 Å². The lowest BCUT2D eigenvalue weighted by Crippen LogP contribution is -2.49. The summed E-state index contributed by atoms with van der Waals surface area (Å²) >= 11 is 0. The zero-order chi connectivity index (χ0) is 19.2. The first kappa shape index (κ1) is 20.7.